The molecule has 0 bridgehead atoms. The number of para-hydroxylation sites is 1. The maximum atomic E-state index is 15.1. The molecular weight excluding hydrogens is 535 g/mol. The van der Waals surface area contributed by atoms with Crippen LogP contribution in [0.15, 0.2) is 79.5 Å². The third kappa shape index (κ3) is 5.05. The molecule has 1 amide bonds. The third-order valence-electron chi connectivity index (χ3n) is 7.72. The Labute approximate surface area is 242 Å². The van der Waals surface area contributed by atoms with Gasteiger partial charge >= 0.3 is 0 Å². The van der Waals surface area contributed by atoms with E-state index in [1.807, 2.05) is 58.7 Å². The average Bonchev–Trinajstić information content (AvgIpc) is 3.57. The van der Waals surface area contributed by atoms with Gasteiger partial charge in [0.1, 0.15) is 18.8 Å². The Balaban J connectivity index is 1.13. The zero-order valence-electron chi connectivity index (χ0n) is 23.0. The highest BCUT2D eigenvalue weighted by atomic mass is 19.1. The van der Waals surface area contributed by atoms with Crippen LogP contribution in [0, 0.1) is 12.7 Å². The Bertz CT molecular complexity index is 1760. The van der Waals surface area contributed by atoms with Crippen molar-refractivity contribution in [2.24, 2.45) is 0 Å². The fourth-order valence-corrected chi connectivity index (χ4v) is 5.31. The third-order valence-corrected chi connectivity index (χ3v) is 7.72. The second-order valence-electron chi connectivity index (χ2n) is 10.8. The highest BCUT2D eigenvalue weighted by Gasteiger charge is 2.28. The fraction of sp³-hybridized carbons (Fsp3) is 0.250. The van der Waals surface area contributed by atoms with Gasteiger partial charge in [-0.3, -0.25) is 4.79 Å². The summed E-state index contributed by atoms with van der Waals surface area (Å²) < 4.78 is 31.2. The Morgan fingerprint density at radius 2 is 1.98 bits per heavy atom. The van der Waals surface area contributed by atoms with Crippen molar-refractivity contribution >= 4 is 11.6 Å². The predicted molar refractivity (Wildman–Crippen MR) is 154 cm³/mol. The number of carbonyl (C=O) groups excluding carboxylic acids is 1. The summed E-state index contributed by atoms with van der Waals surface area (Å²) in [6.07, 6.45) is 7.60. The molecule has 2 aromatic heterocycles. The lowest BCUT2D eigenvalue weighted by molar-refractivity contribution is 0.0736. The number of hydrogen-bond acceptors (Lipinski definition) is 6. The number of anilines is 1. The number of nitrogens with one attached hydrogen (secondary N) is 1. The van der Waals surface area contributed by atoms with E-state index in [0.29, 0.717) is 53.2 Å². The summed E-state index contributed by atoms with van der Waals surface area (Å²) in [6.45, 7) is 2.93. The lowest BCUT2D eigenvalue weighted by Crippen LogP contribution is -2.21. The summed E-state index contributed by atoms with van der Waals surface area (Å²) in [5.41, 5.74) is 4.53. The van der Waals surface area contributed by atoms with Gasteiger partial charge in [-0.2, -0.15) is 0 Å². The number of ether oxygens (including phenoxy) is 2. The van der Waals surface area contributed by atoms with Crippen LogP contribution in [0.3, 0.4) is 0 Å². The minimum absolute atomic E-state index is 0.0705. The molecule has 1 aliphatic heterocycles. The zero-order chi connectivity index (χ0) is 28.6. The van der Waals surface area contributed by atoms with Crippen molar-refractivity contribution in [3.63, 3.8) is 0 Å². The molecular formula is C32H29FN6O3. The molecule has 1 atom stereocenters. The Morgan fingerprint density at radius 1 is 1.12 bits per heavy atom. The Morgan fingerprint density at radius 3 is 2.81 bits per heavy atom. The first kappa shape index (κ1) is 26.1. The van der Waals surface area contributed by atoms with Crippen LogP contribution in [0.25, 0.3) is 17.1 Å². The van der Waals surface area contributed by atoms with Crippen LogP contribution in [-0.4, -0.2) is 43.4 Å². The van der Waals surface area contributed by atoms with Crippen LogP contribution < -0.4 is 10.1 Å². The van der Waals surface area contributed by atoms with E-state index in [0.717, 1.165) is 24.1 Å². The van der Waals surface area contributed by atoms with Gasteiger partial charge in [0.25, 0.3) is 5.91 Å². The van der Waals surface area contributed by atoms with Crippen LogP contribution in [0.1, 0.15) is 52.0 Å². The molecule has 2 aliphatic rings. The minimum atomic E-state index is -0.602. The van der Waals surface area contributed by atoms with Crippen LogP contribution in [0.2, 0.25) is 0 Å². The normalized spacial score (nSPS) is 15.8. The van der Waals surface area contributed by atoms with E-state index in [1.165, 1.54) is 6.07 Å². The number of aryl methyl sites for hydroxylation is 1. The van der Waals surface area contributed by atoms with Crippen molar-refractivity contribution in [2.75, 3.05) is 18.5 Å². The van der Waals surface area contributed by atoms with Crippen molar-refractivity contribution in [2.45, 2.75) is 38.3 Å². The molecule has 1 fully saturated rings. The van der Waals surface area contributed by atoms with E-state index < -0.39 is 11.7 Å². The van der Waals surface area contributed by atoms with Gasteiger partial charge in [0, 0.05) is 12.1 Å². The minimum Gasteiger partial charge on any atom is -0.488 e. The molecule has 1 aliphatic carbocycles. The molecule has 10 heteroatoms. The zero-order valence-corrected chi connectivity index (χ0v) is 23.0. The Hall–Kier alpha value is -4.83. The fourth-order valence-electron chi connectivity index (χ4n) is 5.31. The summed E-state index contributed by atoms with van der Waals surface area (Å²) >= 11 is 0. The van der Waals surface area contributed by atoms with Crippen molar-refractivity contribution in [1.29, 1.82) is 0 Å². The summed E-state index contributed by atoms with van der Waals surface area (Å²) in [6, 6.07) is 18.1. The van der Waals surface area contributed by atoms with E-state index in [9.17, 15) is 4.79 Å². The second-order valence-corrected chi connectivity index (χ2v) is 10.8. The monoisotopic (exact) mass is 564 g/mol. The summed E-state index contributed by atoms with van der Waals surface area (Å²) in [5.74, 6) is 0.352. The maximum absolute atomic E-state index is 15.1. The molecule has 1 N–H and O–H groups in total. The van der Waals surface area contributed by atoms with Gasteiger partial charge < -0.3 is 23.9 Å². The number of fused-ring (bicyclic) bond motifs is 3. The lowest BCUT2D eigenvalue weighted by atomic mass is 10.1. The molecule has 9 nitrogen and oxygen atoms in total. The molecule has 0 saturated heterocycles. The van der Waals surface area contributed by atoms with Gasteiger partial charge in [-0.1, -0.05) is 36.4 Å². The number of imidazole rings is 1. The quantitative estimate of drug-likeness (QED) is 0.254. The number of halogens is 1. The highest BCUT2D eigenvalue weighted by Crippen LogP contribution is 2.40. The number of hydrogen-bond donors (Lipinski definition) is 1. The van der Waals surface area contributed by atoms with E-state index >= 15 is 4.39 Å². The van der Waals surface area contributed by atoms with E-state index in [-0.39, 0.29) is 18.2 Å². The molecule has 0 spiro atoms. The van der Waals surface area contributed by atoms with Gasteiger partial charge in [0.05, 0.1) is 53.8 Å². The predicted octanol–water partition coefficient (Wildman–Crippen LogP) is 5.86. The molecule has 3 heterocycles. The van der Waals surface area contributed by atoms with Gasteiger partial charge in [-0.05, 0) is 55.2 Å². The molecule has 1 unspecified atom stereocenters. The second kappa shape index (κ2) is 10.9. The summed E-state index contributed by atoms with van der Waals surface area (Å²) in [4.78, 5) is 18.0. The van der Waals surface area contributed by atoms with Crippen molar-refractivity contribution in [3.8, 4) is 22.8 Å². The highest BCUT2D eigenvalue weighted by molar-refractivity contribution is 6.06. The summed E-state index contributed by atoms with van der Waals surface area (Å²) in [7, 11) is 0. The number of nitrogens with zero attached hydrogens (tertiary/aromatic N) is 5. The van der Waals surface area contributed by atoms with Crippen molar-refractivity contribution in [1.82, 2.24) is 24.3 Å². The molecule has 212 valence electrons. The van der Waals surface area contributed by atoms with Gasteiger partial charge in [-0.15, -0.1) is 10.2 Å². The van der Waals surface area contributed by atoms with Crippen LogP contribution in [0.4, 0.5) is 10.1 Å². The first-order chi connectivity index (χ1) is 20.5. The van der Waals surface area contributed by atoms with Gasteiger partial charge in [0.2, 0.25) is 0 Å². The molecule has 42 heavy (non-hydrogen) atoms. The smallest absolute Gasteiger partial charge is 0.258 e. The first-order valence-corrected chi connectivity index (χ1v) is 14.0. The van der Waals surface area contributed by atoms with Gasteiger partial charge in [0.15, 0.2) is 11.6 Å². The SMILES string of the molecule is Cc1cc(F)c(C(=O)Nc2cccc3c2OCC(COCc2ccccc2)n2cnnc2-3)cc1-n1cnc(C2CC2)c1. The molecule has 3 aromatic carbocycles. The number of rotatable bonds is 8. The van der Waals surface area contributed by atoms with Crippen molar-refractivity contribution < 1.29 is 18.7 Å². The standard InChI is InChI=1S/C32H29FN6O3/c1-20-12-26(33)25(13-29(20)38-14-28(34-18-38)22-10-11-22)32(40)36-27-9-5-8-24-30(27)42-17-23(39-19-35-37-31(24)39)16-41-15-21-6-3-2-4-7-21/h2-9,12-14,18-19,22-23H,10-11,15-17H2,1H3,(H,36,40). The van der Waals surface area contributed by atoms with Crippen molar-refractivity contribution in [3.05, 3.63) is 108 Å². The summed E-state index contributed by atoms with van der Waals surface area (Å²) in [5, 5.41) is 11.3. The van der Waals surface area contributed by atoms with Crippen LogP contribution in [0.5, 0.6) is 5.75 Å². The molecule has 1 saturated carbocycles. The molecule has 0 radical (unpaired) electrons. The average molecular weight is 565 g/mol. The molecule has 5 aromatic rings. The van der Waals surface area contributed by atoms with E-state index in [4.69, 9.17) is 9.47 Å². The van der Waals surface area contributed by atoms with E-state index in [2.05, 4.69) is 20.5 Å². The topological polar surface area (TPSA) is 96.1 Å². The Kier molecular flexibility index (Phi) is 6.75. The first-order valence-electron chi connectivity index (χ1n) is 14.0. The maximum Gasteiger partial charge on any atom is 0.258 e. The molecule has 7 rings (SSSR count). The number of aromatic nitrogens is 5. The van der Waals surface area contributed by atoms with Crippen LogP contribution >= 0.6 is 0 Å². The van der Waals surface area contributed by atoms with Gasteiger partial charge in [-0.25, -0.2) is 9.37 Å². The lowest BCUT2D eigenvalue weighted by Gasteiger charge is -2.18. The van der Waals surface area contributed by atoms with Crippen LogP contribution in [-0.2, 0) is 11.3 Å². The largest absolute Gasteiger partial charge is 0.488 e. The number of amides is 1. The number of carbonyl (C=O) groups is 1. The number of benzene rings is 3. The van der Waals surface area contributed by atoms with E-state index in [1.54, 1.807) is 30.9 Å².